The molecule has 2 atom stereocenters. The van der Waals surface area contributed by atoms with Crippen molar-refractivity contribution < 1.29 is 13.9 Å². The van der Waals surface area contributed by atoms with E-state index < -0.39 is 24.4 Å². The molecule has 1 fully saturated rings. The summed E-state index contributed by atoms with van der Waals surface area (Å²) in [5.41, 5.74) is 0. The van der Waals surface area contributed by atoms with E-state index in [0.717, 1.165) is 0 Å². The van der Waals surface area contributed by atoms with Crippen LogP contribution in [0, 0.1) is 24.2 Å². The summed E-state index contributed by atoms with van der Waals surface area (Å²) in [7, 11) is 0. The molecule has 1 N–H and O–H groups in total. The average Bonchev–Trinajstić information content (AvgIpc) is 2.69. The van der Waals surface area contributed by atoms with E-state index in [2.05, 4.69) is 24.4 Å². The van der Waals surface area contributed by atoms with Crippen LogP contribution in [0.1, 0.15) is 17.7 Å². The standard InChI is InChI=1S/C7H9F2NO.C5H6S/c8-6-1-4(11)2-7(9)5(6)3-10;1-5-3-2-4-6-5/h4-7,11H,1-2H2;2-4H,1H3. The molecule has 2 nitrogen and oxygen atoms in total. The molecule has 0 spiro atoms. The summed E-state index contributed by atoms with van der Waals surface area (Å²) in [4.78, 5) is 1.38. The van der Waals surface area contributed by atoms with E-state index >= 15 is 0 Å². The Morgan fingerprint density at radius 2 is 2.00 bits per heavy atom. The summed E-state index contributed by atoms with van der Waals surface area (Å²) in [6.07, 6.45) is -4.18. The van der Waals surface area contributed by atoms with Crippen LogP contribution in [-0.2, 0) is 0 Å². The summed E-state index contributed by atoms with van der Waals surface area (Å²) >= 11 is 1.78. The third-order valence-corrected chi connectivity index (χ3v) is 3.39. The van der Waals surface area contributed by atoms with Crippen molar-refractivity contribution in [2.45, 2.75) is 38.2 Å². The lowest BCUT2D eigenvalue weighted by Gasteiger charge is -2.27. The fourth-order valence-electron chi connectivity index (χ4n) is 1.66. The van der Waals surface area contributed by atoms with Crippen LogP contribution < -0.4 is 0 Å². The van der Waals surface area contributed by atoms with Crippen molar-refractivity contribution in [1.82, 2.24) is 0 Å². The zero-order valence-electron chi connectivity index (χ0n) is 9.51. The Labute approximate surface area is 104 Å². The smallest absolute Gasteiger partial charge is 0.121 e. The van der Waals surface area contributed by atoms with Gasteiger partial charge in [0.15, 0.2) is 0 Å². The summed E-state index contributed by atoms with van der Waals surface area (Å²) in [6.45, 7) is 2.10. The molecule has 1 heterocycles. The van der Waals surface area contributed by atoms with Gasteiger partial charge >= 0.3 is 0 Å². The largest absolute Gasteiger partial charge is 0.393 e. The summed E-state index contributed by atoms with van der Waals surface area (Å²) in [6, 6.07) is 5.72. The van der Waals surface area contributed by atoms with Crippen LogP contribution in [0.15, 0.2) is 17.5 Å². The fraction of sp³-hybridized carbons (Fsp3) is 0.583. The average molecular weight is 259 g/mol. The van der Waals surface area contributed by atoms with Crippen molar-refractivity contribution in [3.05, 3.63) is 22.4 Å². The van der Waals surface area contributed by atoms with Gasteiger partial charge in [-0.3, -0.25) is 0 Å². The van der Waals surface area contributed by atoms with E-state index in [0.29, 0.717) is 0 Å². The molecule has 0 amide bonds. The maximum atomic E-state index is 12.7. The molecule has 2 unspecified atom stereocenters. The van der Waals surface area contributed by atoms with Gasteiger partial charge in [0, 0.05) is 17.7 Å². The molecular weight excluding hydrogens is 244 g/mol. The lowest BCUT2D eigenvalue weighted by atomic mass is 9.85. The van der Waals surface area contributed by atoms with Crippen LogP contribution >= 0.6 is 11.3 Å². The van der Waals surface area contributed by atoms with Crippen molar-refractivity contribution in [1.29, 1.82) is 5.26 Å². The molecule has 94 valence electrons. The summed E-state index contributed by atoms with van der Waals surface area (Å²) in [5.74, 6) is -1.18. The van der Waals surface area contributed by atoms with Gasteiger partial charge in [0.25, 0.3) is 0 Å². The number of nitrogens with zero attached hydrogens (tertiary/aromatic N) is 1. The summed E-state index contributed by atoms with van der Waals surface area (Å²) in [5, 5.41) is 19.3. The van der Waals surface area contributed by atoms with E-state index in [1.165, 1.54) is 4.88 Å². The molecule has 1 saturated carbocycles. The van der Waals surface area contributed by atoms with Gasteiger partial charge in [0.1, 0.15) is 18.3 Å². The lowest BCUT2D eigenvalue weighted by molar-refractivity contribution is 0.0144. The number of rotatable bonds is 0. The zero-order chi connectivity index (χ0) is 12.8. The van der Waals surface area contributed by atoms with Crippen LogP contribution in [-0.4, -0.2) is 23.6 Å². The second-order valence-electron chi connectivity index (χ2n) is 4.04. The Hall–Kier alpha value is -0.990. The molecule has 0 saturated heterocycles. The van der Waals surface area contributed by atoms with Gasteiger partial charge < -0.3 is 5.11 Å². The first-order valence-corrected chi connectivity index (χ1v) is 6.28. The number of thiophene rings is 1. The fourth-order valence-corrected chi connectivity index (χ4v) is 2.19. The second kappa shape index (κ2) is 6.67. The van der Waals surface area contributed by atoms with Crippen molar-refractivity contribution in [2.75, 3.05) is 0 Å². The molecule has 1 aliphatic rings. The van der Waals surface area contributed by atoms with Crippen LogP contribution in [0.25, 0.3) is 0 Å². The maximum absolute atomic E-state index is 12.7. The predicted octanol–water partition coefficient (Wildman–Crippen LogP) is 3.01. The minimum atomic E-state index is -1.52. The topological polar surface area (TPSA) is 44.0 Å². The predicted molar refractivity (Wildman–Crippen MR) is 63.2 cm³/mol. The van der Waals surface area contributed by atoms with Gasteiger partial charge in [0.05, 0.1) is 12.2 Å². The lowest BCUT2D eigenvalue weighted by Crippen LogP contribution is -2.36. The first kappa shape index (κ1) is 14.1. The molecule has 5 heteroatoms. The molecule has 1 aliphatic carbocycles. The highest BCUT2D eigenvalue weighted by molar-refractivity contribution is 7.09. The first-order valence-electron chi connectivity index (χ1n) is 5.40. The van der Waals surface area contributed by atoms with Crippen LogP contribution in [0.2, 0.25) is 0 Å². The number of aliphatic hydroxyl groups is 1. The minimum Gasteiger partial charge on any atom is -0.393 e. The number of aryl methyl sites for hydroxylation is 1. The third-order valence-electron chi connectivity index (χ3n) is 2.59. The van der Waals surface area contributed by atoms with E-state index in [1.807, 2.05) is 0 Å². The molecule has 0 radical (unpaired) electrons. The molecule has 0 bridgehead atoms. The molecule has 17 heavy (non-hydrogen) atoms. The highest BCUT2D eigenvalue weighted by Crippen LogP contribution is 2.29. The van der Waals surface area contributed by atoms with Crippen LogP contribution in [0.5, 0.6) is 0 Å². The second-order valence-corrected chi connectivity index (χ2v) is 5.19. The van der Waals surface area contributed by atoms with E-state index in [1.54, 1.807) is 17.4 Å². The number of hydrogen-bond acceptors (Lipinski definition) is 3. The van der Waals surface area contributed by atoms with Gasteiger partial charge in [-0.05, 0) is 18.4 Å². The zero-order valence-corrected chi connectivity index (χ0v) is 10.3. The molecule has 2 rings (SSSR count). The minimum absolute atomic E-state index is 0.112. The van der Waals surface area contributed by atoms with Crippen LogP contribution in [0.4, 0.5) is 8.78 Å². The SMILES string of the molecule is Cc1cccs1.N#CC1C(F)CC(O)CC1F. The Balaban J connectivity index is 0.000000202. The monoisotopic (exact) mass is 259 g/mol. The highest BCUT2D eigenvalue weighted by Gasteiger charge is 2.37. The molecule has 0 aromatic carbocycles. The normalized spacial score (nSPS) is 32.2. The number of aliphatic hydroxyl groups excluding tert-OH is 1. The number of nitriles is 1. The summed E-state index contributed by atoms with van der Waals surface area (Å²) < 4.78 is 25.5. The van der Waals surface area contributed by atoms with Crippen molar-refractivity contribution in [2.24, 2.45) is 5.92 Å². The van der Waals surface area contributed by atoms with Crippen molar-refractivity contribution in [3.63, 3.8) is 0 Å². The first-order chi connectivity index (χ1) is 8.04. The van der Waals surface area contributed by atoms with Crippen molar-refractivity contribution in [3.8, 4) is 6.07 Å². The Bertz CT molecular complexity index is 351. The molecule has 1 aromatic rings. The van der Waals surface area contributed by atoms with Gasteiger partial charge in [-0.2, -0.15) is 5.26 Å². The number of alkyl halides is 2. The Morgan fingerprint density at radius 3 is 2.29 bits per heavy atom. The molecular formula is C12H15F2NOS. The van der Waals surface area contributed by atoms with Crippen LogP contribution in [0.3, 0.4) is 0 Å². The Morgan fingerprint density at radius 1 is 1.41 bits per heavy atom. The Kier molecular flexibility index (Phi) is 5.52. The molecule has 0 aliphatic heterocycles. The van der Waals surface area contributed by atoms with Gasteiger partial charge in [-0.25, -0.2) is 8.78 Å². The number of hydrogen-bond donors (Lipinski definition) is 1. The molecule has 1 aromatic heterocycles. The third kappa shape index (κ3) is 4.41. The van der Waals surface area contributed by atoms with Gasteiger partial charge in [-0.1, -0.05) is 6.07 Å². The quantitative estimate of drug-likeness (QED) is 0.778. The van der Waals surface area contributed by atoms with Gasteiger partial charge in [0.2, 0.25) is 0 Å². The van der Waals surface area contributed by atoms with Gasteiger partial charge in [-0.15, -0.1) is 11.3 Å². The number of halogens is 2. The van der Waals surface area contributed by atoms with Crippen molar-refractivity contribution >= 4 is 11.3 Å². The van der Waals surface area contributed by atoms with E-state index in [-0.39, 0.29) is 12.8 Å². The maximum Gasteiger partial charge on any atom is 0.121 e. The highest BCUT2D eigenvalue weighted by atomic mass is 32.1. The van der Waals surface area contributed by atoms with E-state index in [9.17, 15) is 8.78 Å². The van der Waals surface area contributed by atoms with E-state index in [4.69, 9.17) is 10.4 Å².